The summed E-state index contributed by atoms with van der Waals surface area (Å²) in [5.41, 5.74) is 6.13. The molecule has 3 N–H and O–H groups in total. The van der Waals surface area contributed by atoms with Crippen LogP contribution in [0, 0.1) is 0 Å². The average Bonchev–Trinajstić information content (AvgIpc) is 2.29. The molecule has 0 fully saturated rings. The lowest BCUT2D eigenvalue weighted by molar-refractivity contribution is -0.132. The van der Waals surface area contributed by atoms with Gasteiger partial charge in [-0.1, -0.05) is 24.3 Å². The first-order chi connectivity index (χ1) is 8.43. The Bertz CT molecular complexity index is 468. The van der Waals surface area contributed by atoms with Crippen molar-refractivity contribution in [3.05, 3.63) is 42.0 Å². The quantitative estimate of drug-likeness (QED) is 0.799. The van der Waals surface area contributed by atoms with Gasteiger partial charge in [0.2, 0.25) is 0 Å². The fourth-order valence-corrected chi connectivity index (χ4v) is 1.66. The molecule has 1 atom stereocenters. The third-order valence-electron chi connectivity index (χ3n) is 2.51. The predicted molar refractivity (Wildman–Crippen MR) is 69.4 cm³/mol. The van der Waals surface area contributed by atoms with E-state index in [1.807, 2.05) is 6.07 Å². The Morgan fingerprint density at radius 3 is 2.33 bits per heavy atom. The van der Waals surface area contributed by atoms with Gasteiger partial charge in [-0.3, -0.25) is 4.90 Å². The molecule has 5 heteroatoms. The van der Waals surface area contributed by atoms with E-state index >= 15 is 0 Å². The second-order valence-corrected chi connectivity index (χ2v) is 3.94. The number of carboxylic acid groups (broad SMARTS) is 1. The van der Waals surface area contributed by atoms with Gasteiger partial charge in [0.1, 0.15) is 0 Å². The second-order valence-electron chi connectivity index (χ2n) is 3.94. The van der Waals surface area contributed by atoms with Gasteiger partial charge in [-0.2, -0.15) is 0 Å². The van der Waals surface area contributed by atoms with Crippen LogP contribution in [0.4, 0.5) is 10.5 Å². The number of anilines is 1. The highest BCUT2D eigenvalue weighted by atomic mass is 16.4. The summed E-state index contributed by atoms with van der Waals surface area (Å²) in [5.74, 6) is -1.01. The number of nitrogens with zero attached hydrogens (tertiary/aromatic N) is 1. The molecule has 0 radical (unpaired) electrons. The van der Waals surface area contributed by atoms with Gasteiger partial charge in [-0.15, -0.1) is 0 Å². The summed E-state index contributed by atoms with van der Waals surface area (Å²) in [5, 5.41) is 8.82. The number of amides is 2. The normalized spacial score (nSPS) is 12.9. The number of rotatable bonds is 4. The van der Waals surface area contributed by atoms with E-state index in [-0.39, 0.29) is 5.57 Å². The minimum atomic E-state index is -1.01. The van der Waals surface area contributed by atoms with Crippen molar-refractivity contribution in [2.24, 2.45) is 5.73 Å². The lowest BCUT2D eigenvalue weighted by atomic mass is 10.1. The molecule has 0 aliphatic rings. The van der Waals surface area contributed by atoms with E-state index < -0.39 is 18.0 Å². The van der Waals surface area contributed by atoms with Crippen LogP contribution >= 0.6 is 0 Å². The van der Waals surface area contributed by atoms with Gasteiger partial charge in [0.05, 0.1) is 6.04 Å². The van der Waals surface area contributed by atoms with Gasteiger partial charge < -0.3 is 10.8 Å². The predicted octanol–water partition coefficient (Wildman–Crippen LogP) is 1.99. The minimum Gasteiger partial charge on any atom is -0.478 e. The van der Waals surface area contributed by atoms with Crippen molar-refractivity contribution >= 4 is 17.7 Å². The number of urea groups is 1. The Balaban J connectivity index is 3.04. The summed E-state index contributed by atoms with van der Waals surface area (Å²) in [6.45, 7) is 3.19. The zero-order chi connectivity index (χ0) is 13.7. The van der Waals surface area contributed by atoms with Gasteiger partial charge in [0.25, 0.3) is 0 Å². The second kappa shape index (κ2) is 5.86. The molecule has 2 amide bonds. The first-order valence-corrected chi connectivity index (χ1v) is 5.49. The fourth-order valence-electron chi connectivity index (χ4n) is 1.66. The molecule has 0 aliphatic heterocycles. The van der Waals surface area contributed by atoms with E-state index in [9.17, 15) is 9.59 Å². The smallest absolute Gasteiger partial charge is 0.331 e. The van der Waals surface area contributed by atoms with Crippen molar-refractivity contribution in [3.63, 3.8) is 0 Å². The summed E-state index contributed by atoms with van der Waals surface area (Å²) < 4.78 is 0. The summed E-state index contributed by atoms with van der Waals surface area (Å²) in [6.07, 6.45) is 1.49. The van der Waals surface area contributed by atoms with Gasteiger partial charge in [0.15, 0.2) is 0 Å². The lowest BCUT2D eigenvalue weighted by Crippen LogP contribution is -2.41. The van der Waals surface area contributed by atoms with E-state index in [1.54, 1.807) is 31.2 Å². The molecule has 18 heavy (non-hydrogen) atoms. The number of para-hydroxylation sites is 1. The minimum absolute atomic E-state index is 0.171. The highest BCUT2D eigenvalue weighted by Gasteiger charge is 2.18. The molecule has 0 saturated heterocycles. The maximum absolute atomic E-state index is 11.5. The van der Waals surface area contributed by atoms with Gasteiger partial charge in [0, 0.05) is 11.3 Å². The highest BCUT2D eigenvalue weighted by molar-refractivity contribution is 5.92. The van der Waals surface area contributed by atoms with Crippen LogP contribution in [0.15, 0.2) is 42.0 Å². The molecule has 0 heterocycles. The van der Waals surface area contributed by atoms with Gasteiger partial charge >= 0.3 is 12.0 Å². The monoisotopic (exact) mass is 248 g/mol. The van der Waals surface area contributed by atoms with Crippen molar-refractivity contribution in [2.45, 2.75) is 19.9 Å². The van der Waals surface area contributed by atoms with Crippen molar-refractivity contribution in [1.82, 2.24) is 0 Å². The van der Waals surface area contributed by atoms with Crippen LogP contribution in [0.25, 0.3) is 0 Å². The molecule has 0 aliphatic carbocycles. The Morgan fingerprint density at radius 2 is 1.89 bits per heavy atom. The Labute approximate surface area is 106 Å². The molecular formula is C13H16N2O3. The molecule has 96 valence electrons. The molecule has 1 aromatic rings. The summed E-state index contributed by atoms with van der Waals surface area (Å²) >= 11 is 0. The number of carbonyl (C=O) groups is 2. The van der Waals surface area contributed by atoms with E-state index in [2.05, 4.69) is 0 Å². The molecule has 0 spiro atoms. The molecule has 0 bridgehead atoms. The summed E-state index contributed by atoms with van der Waals surface area (Å²) in [7, 11) is 0. The number of primary amides is 1. The Hall–Kier alpha value is -2.30. The van der Waals surface area contributed by atoms with Crippen molar-refractivity contribution in [1.29, 1.82) is 0 Å². The Morgan fingerprint density at radius 1 is 1.33 bits per heavy atom. The third-order valence-corrected chi connectivity index (χ3v) is 2.51. The van der Waals surface area contributed by atoms with Crippen LogP contribution in [0.1, 0.15) is 13.8 Å². The maximum Gasteiger partial charge on any atom is 0.331 e. The average molecular weight is 248 g/mol. The van der Waals surface area contributed by atoms with E-state index in [4.69, 9.17) is 10.8 Å². The molecule has 1 aromatic carbocycles. The Kier molecular flexibility index (Phi) is 4.48. The third kappa shape index (κ3) is 3.35. The van der Waals surface area contributed by atoms with E-state index in [1.165, 1.54) is 17.9 Å². The molecule has 0 aromatic heterocycles. The molecule has 1 unspecified atom stereocenters. The summed E-state index contributed by atoms with van der Waals surface area (Å²) in [6, 6.07) is 7.82. The van der Waals surface area contributed by atoms with Crippen molar-refractivity contribution < 1.29 is 14.7 Å². The zero-order valence-corrected chi connectivity index (χ0v) is 10.3. The number of hydrogen-bond donors (Lipinski definition) is 2. The van der Waals surface area contributed by atoms with Crippen molar-refractivity contribution in [2.75, 3.05) is 4.90 Å². The fraction of sp³-hybridized carbons (Fsp3) is 0.231. The molecule has 5 nitrogen and oxygen atoms in total. The number of carbonyl (C=O) groups excluding carboxylic acids is 1. The van der Waals surface area contributed by atoms with E-state index in [0.29, 0.717) is 5.69 Å². The number of benzene rings is 1. The van der Waals surface area contributed by atoms with Crippen LogP contribution in [-0.4, -0.2) is 23.1 Å². The maximum atomic E-state index is 11.5. The van der Waals surface area contributed by atoms with Crippen LogP contribution in [0.5, 0.6) is 0 Å². The zero-order valence-electron chi connectivity index (χ0n) is 10.3. The van der Waals surface area contributed by atoms with E-state index in [0.717, 1.165) is 0 Å². The number of aliphatic carboxylic acids is 1. The van der Waals surface area contributed by atoms with Gasteiger partial charge in [-0.25, -0.2) is 9.59 Å². The van der Waals surface area contributed by atoms with Crippen LogP contribution in [0.3, 0.4) is 0 Å². The first kappa shape index (κ1) is 13.8. The van der Waals surface area contributed by atoms with Crippen LogP contribution in [0.2, 0.25) is 0 Å². The number of hydrogen-bond acceptors (Lipinski definition) is 2. The lowest BCUT2D eigenvalue weighted by Gasteiger charge is -2.25. The first-order valence-electron chi connectivity index (χ1n) is 5.49. The molecule has 1 rings (SSSR count). The standard InChI is InChI=1S/C13H16N2O3/c1-9(12(16)17)8-10(2)15(13(14)18)11-6-4-3-5-7-11/h3-8,10H,1-2H3,(H2,14,18)(H,16,17). The topological polar surface area (TPSA) is 83.6 Å². The SMILES string of the molecule is CC(=CC(C)N(C(N)=O)c1ccccc1)C(=O)O. The van der Waals surface area contributed by atoms with Crippen molar-refractivity contribution in [3.8, 4) is 0 Å². The number of nitrogens with two attached hydrogens (primary N) is 1. The van der Waals surface area contributed by atoms with Gasteiger partial charge in [-0.05, 0) is 26.0 Å². The molecular weight excluding hydrogens is 232 g/mol. The van der Waals surface area contributed by atoms with Crippen LogP contribution < -0.4 is 10.6 Å². The number of carboxylic acids is 1. The largest absolute Gasteiger partial charge is 0.478 e. The highest BCUT2D eigenvalue weighted by Crippen LogP contribution is 2.17. The van der Waals surface area contributed by atoms with Crippen LogP contribution in [-0.2, 0) is 4.79 Å². The summed E-state index contributed by atoms with van der Waals surface area (Å²) in [4.78, 5) is 23.6. The molecule has 0 saturated carbocycles.